The summed E-state index contributed by atoms with van der Waals surface area (Å²) in [5.74, 6) is 0. The lowest BCUT2D eigenvalue weighted by atomic mass is 10.1. The maximum Gasteiger partial charge on any atom is 0.317 e. The van der Waals surface area contributed by atoms with Gasteiger partial charge >= 0.3 is 6.03 Å². The Hall–Kier alpha value is -1.60. The van der Waals surface area contributed by atoms with Crippen molar-refractivity contribution in [1.29, 1.82) is 0 Å². The topological polar surface area (TPSA) is 69.7 Å². The molecule has 0 radical (unpaired) electrons. The molecule has 2 aliphatic rings. The number of rotatable bonds is 3. The van der Waals surface area contributed by atoms with Crippen molar-refractivity contribution in [2.45, 2.75) is 37.8 Å². The van der Waals surface area contributed by atoms with E-state index in [9.17, 15) is 13.2 Å². The van der Waals surface area contributed by atoms with Gasteiger partial charge in [0, 0.05) is 26.2 Å². The van der Waals surface area contributed by atoms with Crippen molar-refractivity contribution in [2.24, 2.45) is 0 Å². The van der Waals surface area contributed by atoms with Crippen LogP contribution in [-0.4, -0.2) is 56.1 Å². The quantitative estimate of drug-likeness (QED) is 0.902. The number of carbonyl (C=O) groups excluding carboxylic acids is 1. The van der Waals surface area contributed by atoms with Gasteiger partial charge in [-0.1, -0.05) is 24.3 Å². The van der Waals surface area contributed by atoms with Gasteiger partial charge in [0.15, 0.2) is 0 Å². The highest BCUT2D eigenvalue weighted by Gasteiger charge is 2.31. The monoisotopic (exact) mass is 351 g/mol. The summed E-state index contributed by atoms with van der Waals surface area (Å²) >= 11 is 0. The van der Waals surface area contributed by atoms with Crippen LogP contribution in [0.1, 0.15) is 36.4 Å². The van der Waals surface area contributed by atoms with Crippen molar-refractivity contribution in [3.63, 3.8) is 0 Å². The van der Waals surface area contributed by atoms with Crippen LogP contribution in [0.5, 0.6) is 0 Å². The molecule has 1 aromatic rings. The molecular weight excluding hydrogens is 326 g/mol. The van der Waals surface area contributed by atoms with Crippen molar-refractivity contribution in [3.8, 4) is 0 Å². The zero-order chi connectivity index (χ0) is 17.3. The minimum Gasteiger partial charge on any atom is -0.334 e. The summed E-state index contributed by atoms with van der Waals surface area (Å²) in [5, 5.41) is 3.01. The van der Waals surface area contributed by atoms with Crippen LogP contribution in [-0.2, 0) is 16.4 Å². The molecule has 1 N–H and O–H groups in total. The number of urea groups is 1. The smallest absolute Gasteiger partial charge is 0.317 e. The number of amides is 2. The van der Waals surface area contributed by atoms with Crippen molar-refractivity contribution in [2.75, 3.05) is 26.4 Å². The van der Waals surface area contributed by atoms with Crippen LogP contribution in [0.3, 0.4) is 0 Å². The molecule has 1 aromatic carbocycles. The van der Waals surface area contributed by atoms with E-state index in [4.69, 9.17) is 0 Å². The Kier molecular flexibility index (Phi) is 4.83. The summed E-state index contributed by atoms with van der Waals surface area (Å²) in [7, 11) is -1.38. The Bertz CT molecular complexity index is 720. The molecular formula is C17H25N3O3S. The van der Waals surface area contributed by atoms with Crippen LogP contribution in [0.4, 0.5) is 4.79 Å². The third kappa shape index (κ3) is 3.57. The number of sulfonamides is 1. The Morgan fingerprint density at radius 2 is 2.04 bits per heavy atom. The number of fused-ring (bicyclic) bond motifs is 1. The van der Waals surface area contributed by atoms with Gasteiger partial charge in [0.05, 0.1) is 12.3 Å². The van der Waals surface area contributed by atoms with Crippen LogP contribution < -0.4 is 5.32 Å². The summed E-state index contributed by atoms with van der Waals surface area (Å²) in [6.07, 6.45) is 4.73. The first-order chi connectivity index (χ1) is 11.4. The second-order valence-electron chi connectivity index (χ2n) is 6.77. The zero-order valence-corrected chi connectivity index (χ0v) is 15.1. The number of nitrogens with one attached hydrogen (secondary N) is 1. The third-order valence-corrected chi connectivity index (χ3v) is 6.34. The molecule has 24 heavy (non-hydrogen) atoms. The minimum atomic E-state index is -3.20. The Balaban J connectivity index is 1.63. The van der Waals surface area contributed by atoms with Gasteiger partial charge in [-0.2, -0.15) is 0 Å². The van der Waals surface area contributed by atoms with Gasteiger partial charge in [0.1, 0.15) is 0 Å². The summed E-state index contributed by atoms with van der Waals surface area (Å²) in [6, 6.07) is 8.08. The fourth-order valence-electron chi connectivity index (χ4n) is 3.72. The summed E-state index contributed by atoms with van der Waals surface area (Å²) in [6.45, 7) is 0.900. The molecule has 1 fully saturated rings. The predicted molar refractivity (Wildman–Crippen MR) is 93.2 cm³/mol. The first-order valence-electron chi connectivity index (χ1n) is 8.42. The molecule has 3 rings (SSSR count). The van der Waals surface area contributed by atoms with E-state index >= 15 is 0 Å². The zero-order valence-electron chi connectivity index (χ0n) is 14.2. The molecule has 2 atom stereocenters. The minimum absolute atomic E-state index is 0.0933. The van der Waals surface area contributed by atoms with E-state index in [-0.39, 0.29) is 18.1 Å². The number of aryl methyl sites for hydroxylation is 1. The van der Waals surface area contributed by atoms with E-state index in [2.05, 4.69) is 17.4 Å². The second-order valence-corrected chi connectivity index (χ2v) is 8.76. The molecule has 1 heterocycles. The molecule has 0 aromatic heterocycles. The molecule has 1 saturated heterocycles. The number of carbonyl (C=O) groups is 1. The highest BCUT2D eigenvalue weighted by Crippen LogP contribution is 2.34. The highest BCUT2D eigenvalue weighted by molar-refractivity contribution is 7.88. The molecule has 6 nitrogen and oxygen atoms in total. The summed E-state index contributed by atoms with van der Waals surface area (Å²) in [4.78, 5) is 14.4. The SMILES string of the molecule is CN(C(=O)NC1CCCN(S(C)(=O)=O)C1)C1CCc2ccccc21. The lowest BCUT2D eigenvalue weighted by Gasteiger charge is -2.33. The molecule has 0 bridgehead atoms. The number of hydrogen-bond donors (Lipinski definition) is 1. The third-order valence-electron chi connectivity index (χ3n) is 5.07. The Morgan fingerprint density at radius 1 is 1.29 bits per heavy atom. The van der Waals surface area contributed by atoms with Gasteiger partial charge < -0.3 is 10.2 Å². The first kappa shape index (κ1) is 17.2. The number of benzene rings is 1. The van der Waals surface area contributed by atoms with Crippen molar-refractivity contribution in [3.05, 3.63) is 35.4 Å². The summed E-state index contributed by atoms with van der Waals surface area (Å²) < 4.78 is 24.9. The maximum atomic E-state index is 12.6. The molecule has 2 amide bonds. The van der Waals surface area contributed by atoms with E-state index in [1.165, 1.54) is 21.7 Å². The largest absolute Gasteiger partial charge is 0.334 e. The van der Waals surface area contributed by atoms with E-state index < -0.39 is 10.0 Å². The average Bonchev–Trinajstić information content (AvgIpc) is 2.97. The Morgan fingerprint density at radius 3 is 2.79 bits per heavy atom. The van der Waals surface area contributed by atoms with E-state index in [1.807, 2.05) is 19.2 Å². The van der Waals surface area contributed by atoms with Gasteiger partial charge in [-0.25, -0.2) is 17.5 Å². The lowest BCUT2D eigenvalue weighted by molar-refractivity contribution is 0.179. The van der Waals surface area contributed by atoms with Crippen LogP contribution >= 0.6 is 0 Å². The maximum absolute atomic E-state index is 12.6. The van der Waals surface area contributed by atoms with E-state index in [0.717, 1.165) is 25.7 Å². The van der Waals surface area contributed by atoms with Crippen LogP contribution in [0.15, 0.2) is 24.3 Å². The molecule has 2 unspecified atom stereocenters. The van der Waals surface area contributed by atoms with Crippen molar-refractivity contribution >= 4 is 16.1 Å². The molecule has 1 aliphatic heterocycles. The number of piperidine rings is 1. The summed E-state index contributed by atoms with van der Waals surface area (Å²) in [5.41, 5.74) is 2.53. The Labute approximate surface area is 143 Å². The molecule has 0 spiro atoms. The van der Waals surface area contributed by atoms with Gasteiger partial charge in [-0.15, -0.1) is 0 Å². The molecule has 1 aliphatic carbocycles. The fourth-order valence-corrected chi connectivity index (χ4v) is 4.63. The van der Waals surface area contributed by atoms with Crippen LogP contribution in [0.2, 0.25) is 0 Å². The van der Waals surface area contributed by atoms with E-state index in [1.54, 1.807) is 4.90 Å². The van der Waals surface area contributed by atoms with Crippen molar-refractivity contribution in [1.82, 2.24) is 14.5 Å². The van der Waals surface area contributed by atoms with Gasteiger partial charge in [0.2, 0.25) is 10.0 Å². The van der Waals surface area contributed by atoms with E-state index in [0.29, 0.717) is 13.1 Å². The molecule has 132 valence electrons. The van der Waals surface area contributed by atoms with Gasteiger partial charge in [-0.05, 0) is 36.8 Å². The average molecular weight is 351 g/mol. The predicted octanol–water partition coefficient (Wildman–Crippen LogP) is 1.74. The van der Waals surface area contributed by atoms with Crippen molar-refractivity contribution < 1.29 is 13.2 Å². The molecule has 7 heteroatoms. The fraction of sp³-hybridized carbons (Fsp3) is 0.588. The lowest BCUT2D eigenvalue weighted by Crippen LogP contribution is -2.52. The van der Waals surface area contributed by atoms with Gasteiger partial charge in [0.25, 0.3) is 0 Å². The highest BCUT2D eigenvalue weighted by atomic mass is 32.2. The second kappa shape index (κ2) is 6.72. The van der Waals surface area contributed by atoms with Crippen LogP contribution in [0, 0.1) is 0 Å². The number of hydrogen-bond acceptors (Lipinski definition) is 3. The first-order valence-corrected chi connectivity index (χ1v) is 10.3. The normalized spacial score (nSPS) is 24.4. The molecule has 0 saturated carbocycles. The number of nitrogens with zero attached hydrogens (tertiary/aromatic N) is 2. The van der Waals surface area contributed by atoms with Crippen LogP contribution in [0.25, 0.3) is 0 Å². The standard InChI is InChI=1S/C17H25N3O3S/c1-19(16-10-9-13-6-3-4-8-15(13)16)17(21)18-14-7-5-11-20(12-14)24(2,22)23/h3-4,6,8,14,16H,5,7,9-12H2,1-2H3,(H,18,21). The van der Waals surface area contributed by atoms with Gasteiger partial charge in [-0.3, -0.25) is 0 Å².